The zero-order valence-corrected chi connectivity index (χ0v) is 43.5. The number of aryl methyl sites for hydroxylation is 3. The number of fused-ring (bicyclic) bond motifs is 12. The van der Waals surface area contributed by atoms with E-state index in [0.717, 1.165) is 93.9 Å². The van der Waals surface area contributed by atoms with E-state index in [2.05, 4.69) is 265 Å². The van der Waals surface area contributed by atoms with Gasteiger partial charge in [0.25, 0.3) is 0 Å². The van der Waals surface area contributed by atoms with Gasteiger partial charge >= 0.3 is 0 Å². The van der Waals surface area contributed by atoms with Crippen molar-refractivity contribution in [2.75, 3.05) is 9.80 Å². The average molecular weight is 969 g/mol. The fraction of sp³-hybridized carbons (Fsp3) is 0.127. The predicted molar refractivity (Wildman–Crippen MR) is 314 cm³/mol. The maximum absolute atomic E-state index is 6.95. The van der Waals surface area contributed by atoms with Gasteiger partial charge in [0.2, 0.25) is 0 Å². The highest BCUT2D eigenvalue weighted by atomic mass is 16.4. The van der Waals surface area contributed by atoms with Gasteiger partial charge in [0.15, 0.2) is 11.2 Å². The molecule has 0 aliphatic heterocycles. The molecule has 2 heterocycles. The van der Waals surface area contributed by atoms with E-state index in [0.29, 0.717) is 0 Å². The van der Waals surface area contributed by atoms with Crippen molar-refractivity contribution in [3.8, 4) is 22.3 Å². The Labute approximate surface area is 437 Å². The molecule has 0 bridgehead atoms. The molecule has 2 aliphatic carbocycles. The Kier molecular flexibility index (Phi) is 9.75. The fourth-order valence-electron chi connectivity index (χ4n) is 12.8. The molecule has 0 N–H and O–H groups in total. The first-order valence-corrected chi connectivity index (χ1v) is 26.2. The molecule has 0 spiro atoms. The SMILES string of the molecule is C=c1ccc(N(c2ccccc2C)c2cccc3c2-c2ccccc2C3(C)C)c/c1=C/c1oc2c(ccc3c4cc5ccc(N(c6ccccc6C)c6cccc7c6-c6ccccc6C7(C)C)cc5cc4oc32)c1C. The Balaban J connectivity index is 0.890. The largest absolute Gasteiger partial charge is 0.452 e. The summed E-state index contributed by atoms with van der Waals surface area (Å²) in [5, 5.41) is 7.26. The standard InChI is InChI=1S/C71H56N2O2/c1-42-31-33-49(72(60-27-15-9-19-43(60)2)62-29-17-25-58-66(62)53-21-11-13-23-56(53)70(58,5)6)37-47(42)40-64-45(4)51-35-36-52-55-39-46-32-34-50(38-48(46)41-65(55)75-69(52)68(51)74-64)73(61-28-16-10-20-44(61)3)63-30-18-26-59-67(63)54-22-12-14-24-57(54)71(59,7)8/h9-41H,1H2,2-8H3/b47-40-. The molecule has 0 fully saturated rings. The Bertz CT molecular complexity index is 4510. The zero-order valence-electron chi connectivity index (χ0n) is 43.5. The van der Waals surface area contributed by atoms with Crippen molar-refractivity contribution in [2.24, 2.45) is 0 Å². The minimum Gasteiger partial charge on any atom is -0.452 e. The van der Waals surface area contributed by atoms with Crippen LogP contribution in [0.15, 0.2) is 203 Å². The quantitative estimate of drug-likeness (QED) is 0.159. The van der Waals surface area contributed by atoms with E-state index in [1.54, 1.807) is 0 Å². The fourth-order valence-corrected chi connectivity index (χ4v) is 12.8. The molecule has 0 amide bonds. The summed E-state index contributed by atoms with van der Waals surface area (Å²) >= 11 is 0. The molecule has 10 aromatic carbocycles. The molecule has 4 nitrogen and oxygen atoms in total. The lowest BCUT2D eigenvalue weighted by Crippen LogP contribution is -2.25. The minimum absolute atomic E-state index is 0.119. The highest BCUT2D eigenvalue weighted by molar-refractivity contribution is 6.17. The number of para-hydroxylation sites is 2. The van der Waals surface area contributed by atoms with Crippen molar-refractivity contribution < 1.29 is 8.83 Å². The molecular weight excluding hydrogens is 913 g/mol. The molecule has 14 rings (SSSR count). The summed E-state index contributed by atoms with van der Waals surface area (Å²) in [6.07, 6.45) is 2.15. The summed E-state index contributed by atoms with van der Waals surface area (Å²) in [5.74, 6) is 0.781. The molecule has 2 aromatic heterocycles. The Morgan fingerprint density at radius 3 is 1.55 bits per heavy atom. The third-order valence-electron chi connectivity index (χ3n) is 16.8. The van der Waals surface area contributed by atoms with Crippen molar-refractivity contribution in [1.82, 2.24) is 0 Å². The molecule has 0 radical (unpaired) electrons. The van der Waals surface area contributed by atoms with Gasteiger partial charge in [-0.05, 0) is 165 Å². The molecule has 362 valence electrons. The van der Waals surface area contributed by atoms with Crippen molar-refractivity contribution in [3.63, 3.8) is 0 Å². The number of furan rings is 2. The second kappa shape index (κ2) is 16.3. The molecule has 12 aromatic rings. The van der Waals surface area contributed by atoms with Gasteiger partial charge in [0.1, 0.15) is 11.3 Å². The zero-order chi connectivity index (χ0) is 51.1. The highest BCUT2D eigenvalue weighted by Gasteiger charge is 2.39. The van der Waals surface area contributed by atoms with Crippen LogP contribution in [0.1, 0.15) is 72.4 Å². The van der Waals surface area contributed by atoms with Gasteiger partial charge < -0.3 is 18.6 Å². The van der Waals surface area contributed by atoms with Crippen LogP contribution in [0.3, 0.4) is 0 Å². The molecular formula is C71H56N2O2. The van der Waals surface area contributed by atoms with Crippen LogP contribution in [0.25, 0.3) is 78.6 Å². The maximum atomic E-state index is 6.95. The van der Waals surface area contributed by atoms with Crippen LogP contribution in [0.2, 0.25) is 0 Å². The van der Waals surface area contributed by atoms with Gasteiger partial charge in [-0.25, -0.2) is 0 Å². The first-order chi connectivity index (χ1) is 36.4. The summed E-state index contributed by atoms with van der Waals surface area (Å²) in [6, 6.07) is 71.0. The predicted octanol–water partition coefficient (Wildman–Crippen LogP) is 18.2. The van der Waals surface area contributed by atoms with Crippen LogP contribution in [0.5, 0.6) is 0 Å². The monoisotopic (exact) mass is 968 g/mol. The first kappa shape index (κ1) is 44.8. The van der Waals surface area contributed by atoms with Gasteiger partial charge in [-0.1, -0.05) is 156 Å². The van der Waals surface area contributed by atoms with E-state index in [-0.39, 0.29) is 10.8 Å². The van der Waals surface area contributed by atoms with Crippen LogP contribution < -0.4 is 20.2 Å². The van der Waals surface area contributed by atoms with Crippen molar-refractivity contribution in [1.29, 1.82) is 0 Å². The highest BCUT2D eigenvalue weighted by Crippen LogP contribution is 2.56. The second-order valence-electron chi connectivity index (χ2n) is 21.9. The van der Waals surface area contributed by atoms with E-state index in [1.165, 1.54) is 61.3 Å². The van der Waals surface area contributed by atoms with E-state index >= 15 is 0 Å². The van der Waals surface area contributed by atoms with Crippen molar-refractivity contribution in [3.05, 3.63) is 249 Å². The summed E-state index contributed by atoms with van der Waals surface area (Å²) in [4.78, 5) is 4.87. The lowest BCUT2D eigenvalue weighted by molar-refractivity contribution is 0.588. The first-order valence-electron chi connectivity index (χ1n) is 26.2. The lowest BCUT2D eigenvalue weighted by atomic mass is 9.82. The topological polar surface area (TPSA) is 32.8 Å². The molecule has 0 saturated heterocycles. The van der Waals surface area contributed by atoms with Crippen LogP contribution in [-0.4, -0.2) is 0 Å². The van der Waals surface area contributed by atoms with Crippen LogP contribution >= 0.6 is 0 Å². The lowest BCUT2D eigenvalue weighted by Gasteiger charge is -2.30. The van der Waals surface area contributed by atoms with Gasteiger partial charge in [-0.15, -0.1) is 0 Å². The summed E-state index contributed by atoms with van der Waals surface area (Å²) < 4.78 is 13.9. The molecule has 0 unspecified atom stereocenters. The number of hydrogen-bond acceptors (Lipinski definition) is 4. The van der Waals surface area contributed by atoms with E-state index in [1.807, 2.05) is 0 Å². The maximum Gasteiger partial charge on any atom is 0.178 e. The van der Waals surface area contributed by atoms with Crippen molar-refractivity contribution in [2.45, 2.75) is 59.3 Å². The number of anilines is 6. The van der Waals surface area contributed by atoms with E-state index in [9.17, 15) is 0 Å². The second-order valence-corrected chi connectivity index (χ2v) is 21.9. The van der Waals surface area contributed by atoms with Crippen LogP contribution in [-0.2, 0) is 10.8 Å². The normalized spacial score (nSPS) is 14.1. The molecule has 0 atom stereocenters. The summed E-state index contributed by atoms with van der Waals surface area (Å²) in [6.45, 7) is 20.5. The smallest absolute Gasteiger partial charge is 0.178 e. The summed E-state index contributed by atoms with van der Waals surface area (Å²) in [7, 11) is 0. The number of rotatable bonds is 7. The van der Waals surface area contributed by atoms with Gasteiger partial charge in [-0.2, -0.15) is 0 Å². The van der Waals surface area contributed by atoms with E-state index < -0.39 is 0 Å². The molecule has 0 saturated carbocycles. The third kappa shape index (κ3) is 6.61. The Morgan fingerprint density at radius 1 is 0.427 bits per heavy atom. The van der Waals surface area contributed by atoms with Crippen LogP contribution in [0.4, 0.5) is 34.1 Å². The van der Waals surface area contributed by atoms with Crippen LogP contribution in [0, 0.1) is 20.8 Å². The van der Waals surface area contributed by atoms with Gasteiger partial charge in [0, 0.05) is 66.4 Å². The number of nitrogens with zero attached hydrogens (tertiary/aromatic N) is 2. The Morgan fingerprint density at radius 2 is 0.933 bits per heavy atom. The third-order valence-corrected chi connectivity index (χ3v) is 16.8. The minimum atomic E-state index is -0.130. The number of benzene rings is 10. The molecule has 75 heavy (non-hydrogen) atoms. The molecule has 2 aliphatic rings. The average Bonchev–Trinajstić information content (AvgIpc) is 4.22. The molecule has 4 heteroatoms. The van der Waals surface area contributed by atoms with Gasteiger partial charge in [-0.3, -0.25) is 0 Å². The Hall–Kier alpha value is -8.86. The summed E-state index contributed by atoms with van der Waals surface area (Å²) in [5.41, 5.74) is 22.8. The van der Waals surface area contributed by atoms with Crippen molar-refractivity contribution >= 4 is 90.5 Å². The van der Waals surface area contributed by atoms with Gasteiger partial charge in [0.05, 0.1) is 11.4 Å². The number of hydrogen-bond donors (Lipinski definition) is 0. The van der Waals surface area contributed by atoms with E-state index in [4.69, 9.17) is 8.83 Å².